The summed E-state index contributed by atoms with van der Waals surface area (Å²) >= 11 is 0. The SMILES string of the molecule is C.C.C.C.C.C.CC[Si](C)(CC)C[SiH2]C[Si](C)(C)C[SiH](C)C. The van der Waals surface area contributed by atoms with Crippen LogP contribution in [0, 0.1) is 0 Å². The van der Waals surface area contributed by atoms with Crippen molar-refractivity contribution in [1.82, 2.24) is 0 Å². The van der Waals surface area contributed by atoms with Crippen molar-refractivity contribution in [3.63, 3.8) is 0 Å². The molecule has 0 rings (SSSR count). The summed E-state index contributed by atoms with van der Waals surface area (Å²) in [6.45, 7) is 17.9. The summed E-state index contributed by atoms with van der Waals surface area (Å²) < 4.78 is 0. The van der Waals surface area contributed by atoms with Gasteiger partial charge in [-0.3, -0.25) is 0 Å². The van der Waals surface area contributed by atoms with Crippen LogP contribution in [0.4, 0.5) is 0 Å². The van der Waals surface area contributed by atoms with Crippen LogP contribution in [0.1, 0.15) is 58.4 Å². The molecule has 4 heteroatoms. The lowest BCUT2D eigenvalue weighted by Crippen LogP contribution is -2.35. The van der Waals surface area contributed by atoms with Crippen molar-refractivity contribution in [3.8, 4) is 0 Å². The van der Waals surface area contributed by atoms with Gasteiger partial charge in [0.2, 0.25) is 0 Å². The Hall–Kier alpha value is 0.868. The highest BCUT2D eigenvalue weighted by Gasteiger charge is 2.26. The molecule has 0 aliphatic rings. The van der Waals surface area contributed by atoms with Gasteiger partial charge < -0.3 is 0 Å². The quantitative estimate of drug-likeness (QED) is 0.374. The van der Waals surface area contributed by atoms with Crippen LogP contribution < -0.4 is 0 Å². The third kappa shape index (κ3) is 20.9. The summed E-state index contributed by atoms with van der Waals surface area (Å²) in [6.07, 6.45) is 0. The van der Waals surface area contributed by atoms with E-state index < -0.39 is 16.1 Å². The lowest BCUT2D eigenvalue weighted by molar-refractivity contribution is 1.24. The van der Waals surface area contributed by atoms with Crippen LogP contribution in [0.25, 0.3) is 0 Å². The molecule has 0 saturated carbocycles. The van der Waals surface area contributed by atoms with Crippen molar-refractivity contribution < 1.29 is 0 Å². The average molecular weight is 387 g/mol. The van der Waals surface area contributed by atoms with Gasteiger partial charge in [-0.1, -0.05) is 120 Å². The fraction of sp³-hybridized carbons (Fsp3) is 1.00. The Kier molecular flexibility index (Phi) is 39.3. The fourth-order valence-electron chi connectivity index (χ4n) is 2.80. The molecule has 0 nitrogen and oxygen atoms in total. The van der Waals surface area contributed by atoms with Gasteiger partial charge in [0.1, 0.15) is 0 Å². The molecule has 0 N–H and O–H groups in total. The van der Waals surface area contributed by atoms with E-state index in [2.05, 4.69) is 46.6 Å². The zero-order chi connectivity index (χ0) is 12.8. The van der Waals surface area contributed by atoms with E-state index in [-0.39, 0.29) is 62.9 Å². The number of hydrogen-bond acceptors (Lipinski definition) is 0. The summed E-state index contributed by atoms with van der Waals surface area (Å²) in [5.41, 5.74) is 5.16. The van der Waals surface area contributed by atoms with E-state index in [0.29, 0.717) is 0 Å². The largest absolute Gasteiger partial charge is 0.0776 e. The highest BCUT2D eigenvalue weighted by molar-refractivity contribution is 6.94. The Bertz CT molecular complexity index is 188. The molecule has 0 aliphatic carbocycles. The lowest BCUT2D eigenvalue weighted by atomic mass is 10.9. The Morgan fingerprint density at radius 2 is 1.09 bits per heavy atom. The first kappa shape index (κ1) is 43.4. The predicted octanol–water partition coefficient (Wildman–Crippen LogP) is 7.74. The van der Waals surface area contributed by atoms with E-state index in [4.69, 9.17) is 0 Å². The molecule has 0 amide bonds. The van der Waals surface area contributed by atoms with Crippen molar-refractivity contribution in [3.05, 3.63) is 0 Å². The molecule has 0 aromatic carbocycles. The van der Waals surface area contributed by atoms with E-state index in [1.807, 2.05) is 0 Å². The van der Waals surface area contributed by atoms with Crippen molar-refractivity contribution >= 4 is 34.5 Å². The molecule has 0 unspecified atom stereocenters. The van der Waals surface area contributed by atoms with Gasteiger partial charge in [0.15, 0.2) is 0 Å². The van der Waals surface area contributed by atoms with E-state index in [1.165, 1.54) is 12.1 Å². The number of rotatable bonds is 8. The first-order chi connectivity index (χ1) is 7.24. The van der Waals surface area contributed by atoms with E-state index in [9.17, 15) is 0 Å². The van der Waals surface area contributed by atoms with Crippen molar-refractivity contribution in [1.29, 1.82) is 0 Å². The molecule has 0 bridgehead atoms. The van der Waals surface area contributed by atoms with Gasteiger partial charge in [-0.25, -0.2) is 0 Å². The molecular weight excluding hydrogens is 329 g/mol. The first-order valence-electron chi connectivity index (χ1n) is 7.24. The van der Waals surface area contributed by atoms with Crippen LogP contribution in [0.15, 0.2) is 0 Å². The molecule has 0 aromatic rings. The molecule has 22 heavy (non-hydrogen) atoms. The molecule has 0 aliphatic heterocycles. The van der Waals surface area contributed by atoms with Gasteiger partial charge >= 0.3 is 0 Å². The predicted molar refractivity (Wildman–Crippen MR) is 132 cm³/mol. The summed E-state index contributed by atoms with van der Waals surface area (Å²) in [7, 11) is -1.50. The van der Waals surface area contributed by atoms with Gasteiger partial charge in [-0.05, 0) is 0 Å². The Morgan fingerprint density at radius 3 is 1.36 bits per heavy atom. The van der Waals surface area contributed by atoms with Crippen LogP contribution in [-0.2, 0) is 0 Å². The minimum absolute atomic E-state index is 0. The monoisotopic (exact) mass is 386 g/mol. The summed E-state index contributed by atoms with van der Waals surface area (Å²) in [5, 5.41) is 0. The van der Waals surface area contributed by atoms with Crippen LogP contribution >= 0.6 is 0 Å². The maximum atomic E-state index is 2.66. The van der Waals surface area contributed by atoms with Crippen LogP contribution in [-0.4, -0.2) is 34.5 Å². The molecule has 0 radical (unpaired) electrons. The van der Waals surface area contributed by atoms with Crippen molar-refractivity contribution in [2.75, 3.05) is 0 Å². The molecular formula is C18H58Si4. The third-order valence-electron chi connectivity index (χ3n) is 4.30. The minimum Gasteiger partial charge on any atom is -0.0776 e. The molecule has 0 aromatic heterocycles. The average Bonchev–Trinajstić information content (AvgIpc) is 2.15. The van der Waals surface area contributed by atoms with Crippen LogP contribution in [0.5, 0.6) is 0 Å². The molecule has 0 saturated heterocycles. The summed E-state index contributed by atoms with van der Waals surface area (Å²) in [6, 6.07) is 3.05. The zero-order valence-electron chi connectivity index (χ0n) is 12.8. The summed E-state index contributed by atoms with van der Waals surface area (Å²) in [5.74, 6) is 0. The van der Waals surface area contributed by atoms with Crippen LogP contribution in [0.2, 0.25) is 61.8 Å². The second-order valence-electron chi connectivity index (χ2n) is 7.13. The van der Waals surface area contributed by atoms with Gasteiger partial charge in [-0.2, -0.15) is 0 Å². The molecule has 0 atom stereocenters. The van der Waals surface area contributed by atoms with E-state index in [1.54, 1.807) is 17.0 Å². The third-order valence-corrected chi connectivity index (χ3v) is 28.5. The fourth-order valence-corrected chi connectivity index (χ4v) is 27.2. The standard InChI is InChI=1S/C12H34Si4.6CH4/c1-8-16(7,9-2)11-13-10-15(5,6)12-14(3)4;;;;;;/h14H,8-13H2,1-7H3;6*1H4. The second kappa shape index (κ2) is 19.9. The van der Waals surface area contributed by atoms with Gasteiger partial charge in [-0.15, -0.1) is 0 Å². The van der Waals surface area contributed by atoms with Gasteiger partial charge in [0, 0.05) is 34.5 Å². The maximum Gasteiger partial charge on any atom is 0.0467 e. The topological polar surface area (TPSA) is 0 Å². The first-order valence-corrected chi connectivity index (χ1v) is 18.9. The summed E-state index contributed by atoms with van der Waals surface area (Å²) in [4.78, 5) is 0. The van der Waals surface area contributed by atoms with Crippen molar-refractivity contribution in [2.24, 2.45) is 0 Å². The second-order valence-corrected chi connectivity index (χ2v) is 25.6. The Balaban J connectivity index is -0.0000000750. The van der Waals surface area contributed by atoms with E-state index in [0.717, 1.165) is 0 Å². The number of hydrogen-bond donors (Lipinski definition) is 0. The maximum absolute atomic E-state index is 2.66. The highest BCUT2D eigenvalue weighted by Crippen LogP contribution is 2.22. The van der Waals surface area contributed by atoms with Crippen LogP contribution in [0.3, 0.4) is 0 Å². The highest BCUT2D eigenvalue weighted by atomic mass is 28.4. The molecule has 0 heterocycles. The zero-order valence-corrected chi connectivity index (χ0v) is 17.4. The Labute approximate surface area is 154 Å². The minimum atomic E-state index is -0.746. The van der Waals surface area contributed by atoms with E-state index >= 15 is 0 Å². The smallest absolute Gasteiger partial charge is 0.0467 e. The molecule has 0 fully saturated rings. The van der Waals surface area contributed by atoms with Crippen molar-refractivity contribution in [2.45, 2.75) is 120 Å². The van der Waals surface area contributed by atoms with Gasteiger partial charge in [0.05, 0.1) is 0 Å². The lowest BCUT2D eigenvalue weighted by Gasteiger charge is -2.28. The molecule has 0 spiro atoms. The normalized spacial score (nSPS) is 10.4. The molecule has 146 valence electrons. The van der Waals surface area contributed by atoms with Gasteiger partial charge in [0.25, 0.3) is 0 Å². The Morgan fingerprint density at radius 1 is 0.727 bits per heavy atom.